The molecule has 0 aromatic carbocycles. The van der Waals surface area contributed by atoms with Crippen LogP contribution in [0.3, 0.4) is 0 Å². The third kappa shape index (κ3) is 3.10. The summed E-state index contributed by atoms with van der Waals surface area (Å²) in [6.07, 6.45) is 3.26. The van der Waals surface area contributed by atoms with E-state index in [9.17, 15) is 4.39 Å². The van der Waals surface area contributed by atoms with E-state index in [1.54, 1.807) is 13.3 Å². The molecule has 0 amide bonds. The average Bonchev–Trinajstić information content (AvgIpc) is 2.41. The summed E-state index contributed by atoms with van der Waals surface area (Å²) in [6, 6.07) is 1.94. The number of methoxy groups -OCH3 is 1. The molecule has 1 aromatic rings. The van der Waals surface area contributed by atoms with Gasteiger partial charge in [-0.15, -0.1) is 0 Å². The molecule has 0 aliphatic carbocycles. The number of likely N-dealkylation sites (tertiary alicyclic amines) is 1. The third-order valence-electron chi connectivity index (χ3n) is 4.01. The van der Waals surface area contributed by atoms with Gasteiger partial charge in [0.05, 0.1) is 9.65 Å². The first-order valence-corrected chi connectivity index (χ1v) is 8.28. The molecule has 0 radical (unpaired) electrons. The molecule has 112 valence electrons. The van der Waals surface area contributed by atoms with Crippen LogP contribution in [0.15, 0.2) is 12.3 Å². The number of rotatable bonds is 3. The van der Waals surface area contributed by atoms with E-state index in [0.717, 1.165) is 24.9 Å². The SMILES string of the molecule is COC1(c2cnc(Cl)c(F)c2)CCN(C(C)C)C(I)C1. The van der Waals surface area contributed by atoms with Gasteiger partial charge in [-0.25, -0.2) is 9.37 Å². The van der Waals surface area contributed by atoms with Gasteiger partial charge in [-0.3, -0.25) is 4.90 Å². The van der Waals surface area contributed by atoms with Crippen LogP contribution in [0.4, 0.5) is 4.39 Å². The number of alkyl halides is 1. The molecule has 2 rings (SSSR count). The van der Waals surface area contributed by atoms with Crippen molar-refractivity contribution in [2.75, 3.05) is 13.7 Å². The zero-order valence-corrected chi connectivity index (χ0v) is 14.8. The predicted octanol–water partition coefficient (Wildman–Crippen LogP) is 3.98. The summed E-state index contributed by atoms with van der Waals surface area (Å²) in [4.78, 5) is 6.35. The van der Waals surface area contributed by atoms with Gasteiger partial charge in [0.1, 0.15) is 0 Å². The summed E-state index contributed by atoms with van der Waals surface area (Å²) in [7, 11) is 1.68. The summed E-state index contributed by atoms with van der Waals surface area (Å²) in [5.74, 6) is -0.489. The number of aromatic nitrogens is 1. The van der Waals surface area contributed by atoms with Crippen LogP contribution >= 0.6 is 34.2 Å². The van der Waals surface area contributed by atoms with Crippen LogP contribution in [-0.4, -0.2) is 33.6 Å². The molecule has 0 bridgehead atoms. The second kappa shape index (κ2) is 6.42. The van der Waals surface area contributed by atoms with Gasteiger partial charge in [0.15, 0.2) is 11.0 Å². The summed E-state index contributed by atoms with van der Waals surface area (Å²) in [5, 5.41) is -0.0920. The lowest BCUT2D eigenvalue weighted by atomic mass is 9.84. The normalized spacial score (nSPS) is 28.1. The van der Waals surface area contributed by atoms with Crippen LogP contribution in [0, 0.1) is 5.82 Å². The highest BCUT2D eigenvalue weighted by molar-refractivity contribution is 14.1. The summed E-state index contributed by atoms with van der Waals surface area (Å²) < 4.78 is 19.8. The summed E-state index contributed by atoms with van der Waals surface area (Å²) in [5.41, 5.74) is 0.294. The lowest BCUT2D eigenvalue weighted by molar-refractivity contribution is -0.0707. The second-order valence-corrected chi connectivity index (χ2v) is 7.21. The molecule has 2 heterocycles. The molecule has 0 saturated carbocycles. The summed E-state index contributed by atoms with van der Waals surface area (Å²) in [6.45, 7) is 5.30. The zero-order chi connectivity index (χ0) is 14.9. The quantitative estimate of drug-likeness (QED) is 0.325. The Morgan fingerprint density at radius 1 is 1.60 bits per heavy atom. The van der Waals surface area contributed by atoms with Gasteiger partial charge in [-0.05, 0) is 26.3 Å². The minimum atomic E-state index is -0.489. The van der Waals surface area contributed by atoms with Crippen LogP contribution in [0.1, 0.15) is 32.3 Å². The first kappa shape index (κ1) is 16.4. The van der Waals surface area contributed by atoms with Crippen molar-refractivity contribution in [3.05, 3.63) is 28.8 Å². The van der Waals surface area contributed by atoms with Gasteiger partial charge < -0.3 is 4.74 Å². The first-order chi connectivity index (χ1) is 9.39. The van der Waals surface area contributed by atoms with Gasteiger partial charge >= 0.3 is 0 Å². The number of halogens is 3. The lowest BCUT2D eigenvalue weighted by Gasteiger charge is -2.45. The third-order valence-corrected chi connectivity index (χ3v) is 5.44. The van der Waals surface area contributed by atoms with Crippen molar-refractivity contribution in [1.82, 2.24) is 9.88 Å². The molecular formula is C14H19ClFIN2O. The monoisotopic (exact) mass is 412 g/mol. The van der Waals surface area contributed by atoms with E-state index in [2.05, 4.69) is 46.3 Å². The molecule has 0 spiro atoms. The van der Waals surface area contributed by atoms with E-state index in [1.165, 1.54) is 6.07 Å². The fourth-order valence-electron chi connectivity index (χ4n) is 2.76. The Labute approximate surface area is 138 Å². The minimum Gasteiger partial charge on any atom is -0.373 e. The predicted molar refractivity (Wildman–Crippen MR) is 86.8 cm³/mol. The topological polar surface area (TPSA) is 25.4 Å². The van der Waals surface area contributed by atoms with Crippen LogP contribution in [-0.2, 0) is 10.3 Å². The van der Waals surface area contributed by atoms with E-state index in [0.29, 0.717) is 10.1 Å². The van der Waals surface area contributed by atoms with Crippen LogP contribution < -0.4 is 0 Å². The van der Waals surface area contributed by atoms with Crippen molar-refractivity contribution in [2.24, 2.45) is 0 Å². The number of ether oxygens (including phenoxy) is 1. The second-order valence-electron chi connectivity index (χ2n) is 5.42. The molecule has 6 heteroatoms. The van der Waals surface area contributed by atoms with E-state index >= 15 is 0 Å². The highest BCUT2D eigenvalue weighted by atomic mass is 127. The van der Waals surface area contributed by atoms with Gasteiger partial charge in [0.25, 0.3) is 0 Å². The Kier molecular flexibility index (Phi) is 5.26. The fourth-order valence-corrected chi connectivity index (χ4v) is 4.50. The number of piperidine rings is 1. The van der Waals surface area contributed by atoms with E-state index in [1.807, 2.05) is 0 Å². The summed E-state index contributed by atoms with van der Waals surface area (Å²) >= 11 is 8.10. The standard InChI is InChI=1S/C14H19ClFIN2O/c1-9(2)19-5-4-14(20-3,7-12(19)17)10-6-11(16)13(15)18-8-10/h6,8-9,12H,4-5,7H2,1-3H3. The van der Waals surface area contributed by atoms with Gasteiger partial charge in [-0.2, -0.15) is 0 Å². The largest absolute Gasteiger partial charge is 0.373 e. The number of nitrogens with zero attached hydrogens (tertiary/aromatic N) is 2. The van der Waals surface area contributed by atoms with Crippen molar-refractivity contribution < 1.29 is 9.13 Å². The maximum absolute atomic E-state index is 13.7. The number of hydrogen-bond donors (Lipinski definition) is 0. The van der Waals surface area contributed by atoms with Crippen molar-refractivity contribution >= 4 is 34.2 Å². The van der Waals surface area contributed by atoms with Crippen molar-refractivity contribution in [3.8, 4) is 0 Å². The molecule has 1 fully saturated rings. The molecule has 1 aromatic heterocycles. The number of hydrogen-bond acceptors (Lipinski definition) is 3. The van der Waals surface area contributed by atoms with Gasteiger partial charge in [0, 0.05) is 37.9 Å². The van der Waals surface area contributed by atoms with Crippen molar-refractivity contribution in [1.29, 1.82) is 0 Å². The smallest absolute Gasteiger partial charge is 0.164 e. The van der Waals surface area contributed by atoms with Crippen LogP contribution in [0.25, 0.3) is 0 Å². The van der Waals surface area contributed by atoms with Crippen LogP contribution in [0.5, 0.6) is 0 Å². The number of pyridine rings is 1. The molecule has 2 atom stereocenters. The van der Waals surface area contributed by atoms with Crippen molar-refractivity contribution in [3.63, 3.8) is 0 Å². The maximum atomic E-state index is 13.7. The Bertz CT molecular complexity index is 488. The van der Waals surface area contributed by atoms with E-state index in [4.69, 9.17) is 16.3 Å². The Balaban J connectivity index is 2.29. The molecule has 3 nitrogen and oxygen atoms in total. The molecule has 1 aliphatic heterocycles. The van der Waals surface area contributed by atoms with Crippen LogP contribution in [0.2, 0.25) is 5.15 Å². The first-order valence-electron chi connectivity index (χ1n) is 6.66. The van der Waals surface area contributed by atoms with E-state index < -0.39 is 11.4 Å². The zero-order valence-electron chi connectivity index (χ0n) is 11.9. The highest BCUT2D eigenvalue weighted by Crippen LogP contribution is 2.41. The molecular weight excluding hydrogens is 394 g/mol. The molecule has 1 saturated heterocycles. The van der Waals surface area contributed by atoms with Gasteiger partial charge in [0.2, 0.25) is 0 Å². The average molecular weight is 413 g/mol. The van der Waals surface area contributed by atoms with Crippen molar-refractivity contribution in [2.45, 2.75) is 42.4 Å². The maximum Gasteiger partial charge on any atom is 0.164 e. The Morgan fingerprint density at radius 3 is 2.80 bits per heavy atom. The van der Waals surface area contributed by atoms with E-state index in [-0.39, 0.29) is 5.15 Å². The minimum absolute atomic E-state index is 0.0920. The molecule has 2 unspecified atom stereocenters. The molecule has 1 aliphatic rings. The lowest BCUT2D eigenvalue weighted by Crippen LogP contribution is -2.49. The Morgan fingerprint density at radius 2 is 2.30 bits per heavy atom. The molecule has 0 N–H and O–H groups in total. The highest BCUT2D eigenvalue weighted by Gasteiger charge is 2.41. The Hall–Kier alpha value is 0.0200. The molecule has 20 heavy (non-hydrogen) atoms. The van der Waals surface area contributed by atoms with Gasteiger partial charge in [-0.1, -0.05) is 34.2 Å². The fraction of sp³-hybridized carbons (Fsp3) is 0.643.